The third kappa shape index (κ3) is 1.47. The normalized spacial score (nSPS) is 12.8. The molecule has 1 aromatic heterocycles. The number of hydrogen-bond donors (Lipinski definition) is 2. The number of rotatable bonds is 2. The van der Waals surface area contributed by atoms with Crippen molar-refractivity contribution in [2.75, 3.05) is 5.32 Å². The summed E-state index contributed by atoms with van der Waals surface area (Å²) < 4.78 is 4.19. The molecule has 0 unspecified atom stereocenters. The van der Waals surface area contributed by atoms with E-state index < -0.39 is 0 Å². The van der Waals surface area contributed by atoms with Crippen LogP contribution in [0.2, 0.25) is 0 Å². The highest BCUT2D eigenvalue weighted by molar-refractivity contribution is 6.09. The van der Waals surface area contributed by atoms with E-state index in [2.05, 4.69) is 24.6 Å². The molecule has 6 nitrogen and oxygen atoms in total. The van der Waals surface area contributed by atoms with Crippen LogP contribution in [0.25, 0.3) is 22.3 Å². The molecule has 3 aliphatic rings. The summed E-state index contributed by atoms with van der Waals surface area (Å²) >= 11 is 0. The third-order valence-electron chi connectivity index (χ3n) is 3.90. The predicted octanol–water partition coefficient (Wildman–Crippen LogP) is 2.34. The summed E-state index contributed by atoms with van der Waals surface area (Å²) in [4.78, 5) is 19.9. The highest BCUT2D eigenvalue weighted by Gasteiger charge is 2.27. The molecule has 2 aliphatic heterocycles. The molecule has 0 saturated heterocycles. The van der Waals surface area contributed by atoms with Gasteiger partial charge in [0.2, 0.25) is 5.95 Å². The number of nitrogens with zero attached hydrogens (tertiary/aromatic N) is 3. The van der Waals surface area contributed by atoms with Crippen LogP contribution in [-0.4, -0.2) is 25.2 Å². The number of fused-ring (bicyclic) bond motifs is 4. The van der Waals surface area contributed by atoms with Gasteiger partial charge in [-0.2, -0.15) is 0 Å². The number of imidazole rings is 1. The molecule has 21 heavy (non-hydrogen) atoms. The zero-order valence-electron chi connectivity index (χ0n) is 11.0. The zero-order valence-corrected chi connectivity index (χ0v) is 11.0. The molecular weight excluding hydrogens is 266 g/mol. The minimum absolute atomic E-state index is 0.143. The van der Waals surface area contributed by atoms with Crippen molar-refractivity contribution in [3.8, 4) is 11.3 Å². The van der Waals surface area contributed by atoms with E-state index in [1.54, 1.807) is 0 Å². The van der Waals surface area contributed by atoms with Crippen molar-refractivity contribution < 1.29 is 4.79 Å². The topological polar surface area (TPSA) is 67.6 Å². The smallest absolute Gasteiger partial charge is 0.258 e. The van der Waals surface area contributed by atoms with Gasteiger partial charge in [0.15, 0.2) is 0 Å². The Morgan fingerprint density at radius 3 is 3.05 bits per heavy atom. The van der Waals surface area contributed by atoms with Gasteiger partial charge in [-0.05, 0) is 24.3 Å². The molecule has 0 saturated carbocycles. The first-order valence-electron chi connectivity index (χ1n) is 6.74. The summed E-state index contributed by atoms with van der Waals surface area (Å²) in [5, 5.41) is 2.83. The van der Waals surface area contributed by atoms with E-state index in [9.17, 15) is 4.79 Å². The molecule has 2 N–H and O–H groups in total. The van der Waals surface area contributed by atoms with Crippen LogP contribution in [0.15, 0.2) is 42.6 Å². The number of para-hydroxylation sites is 2. The van der Waals surface area contributed by atoms with Crippen LogP contribution in [0.5, 0.6) is 0 Å². The molecule has 0 radical (unpaired) electrons. The molecule has 3 heterocycles. The van der Waals surface area contributed by atoms with Crippen LogP contribution < -0.4 is 5.32 Å². The monoisotopic (exact) mass is 277 g/mol. The SMILES string of the molecule is O=C(Nc1nc2ccccc2[nH]1)c1ccc2n3n(cc1-2)C3. The van der Waals surface area contributed by atoms with E-state index in [0.717, 1.165) is 29.0 Å². The number of carbonyl (C=O) groups excluding carboxylic acids is 1. The minimum atomic E-state index is -0.143. The molecule has 0 atom stereocenters. The summed E-state index contributed by atoms with van der Waals surface area (Å²) in [6.45, 7) is 0.918. The molecule has 0 bridgehead atoms. The summed E-state index contributed by atoms with van der Waals surface area (Å²) in [6, 6.07) is 11.5. The van der Waals surface area contributed by atoms with Gasteiger partial charge in [0.25, 0.3) is 5.91 Å². The number of H-pyrrole nitrogens is 1. The molecule has 5 rings (SSSR count). The molecule has 1 aromatic carbocycles. The average molecular weight is 277 g/mol. The molecule has 1 aliphatic carbocycles. The lowest BCUT2D eigenvalue weighted by Crippen LogP contribution is -2.12. The van der Waals surface area contributed by atoms with Crippen molar-refractivity contribution in [2.24, 2.45) is 0 Å². The van der Waals surface area contributed by atoms with Gasteiger partial charge in [-0.3, -0.25) is 19.5 Å². The maximum Gasteiger partial charge on any atom is 0.258 e. The minimum Gasteiger partial charge on any atom is -0.324 e. The van der Waals surface area contributed by atoms with Crippen LogP contribution in [0.1, 0.15) is 10.4 Å². The maximum absolute atomic E-state index is 12.4. The Labute approximate surface area is 119 Å². The molecule has 6 heteroatoms. The first-order chi connectivity index (χ1) is 10.3. The highest BCUT2D eigenvalue weighted by atomic mass is 16.1. The maximum atomic E-state index is 12.4. The van der Waals surface area contributed by atoms with E-state index in [-0.39, 0.29) is 5.91 Å². The number of hydrogen-bond acceptors (Lipinski definition) is 2. The lowest BCUT2D eigenvalue weighted by atomic mass is 10.2. The van der Waals surface area contributed by atoms with E-state index >= 15 is 0 Å². The van der Waals surface area contributed by atoms with E-state index in [1.165, 1.54) is 0 Å². The van der Waals surface area contributed by atoms with Gasteiger partial charge in [-0.15, -0.1) is 0 Å². The number of amides is 1. The van der Waals surface area contributed by atoms with Gasteiger partial charge in [-0.25, -0.2) is 4.98 Å². The molecular formula is C15H11N5O. The fourth-order valence-electron chi connectivity index (χ4n) is 2.81. The van der Waals surface area contributed by atoms with Crippen molar-refractivity contribution in [3.05, 3.63) is 48.2 Å². The largest absolute Gasteiger partial charge is 0.324 e. The average Bonchev–Trinajstić information content (AvgIpc) is 2.86. The van der Waals surface area contributed by atoms with Gasteiger partial charge < -0.3 is 4.98 Å². The van der Waals surface area contributed by atoms with Crippen LogP contribution in [-0.2, 0) is 6.67 Å². The molecule has 2 aromatic rings. The Balaban J connectivity index is 1.49. The van der Waals surface area contributed by atoms with E-state index in [0.29, 0.717) is 11.5 Å². The number of benzene rings is 1. The Morgan fingerprint density at radius 1 is 1.24 bits per heavy atom. The summed E-state index contributed by atoms with van der Waals surface area (Å²) in [6.07, 6.45) is 2.00. The molecule has 0 spiro atoms. The Kier molecular flexibility index (Phi) is 1.81. The Morgan fingerprint density at radius 2 is 2.14 bits per heavy atom. The van der Waals surface area contributed by atoms with Gasteiger partial charge in [0, 0.05) is 11.8 Å². The summed E-state index contributed by atoms with van der Waals surface area (Å²) in [7, 11) is 0. The number of aromatic nitrogens is 4. The van der Waals surface area contributed by atoms with E-state index in [4.69, 9.17) is 0 Å². The first-order valence-corrected chi connectivity index (χ1v) is 6.74. The van der Waals surface area contributed by atoms with Crippen molar-refractivity contribution in [1.29, 1.82) is 0 Å². The number of aromatic amines is 1. The number of carbonyl (C=O) groups is 1. The highest BCUT2D eigenvalue weighted by Crippen LogP contribution is 2.34. The lowest BCUT2D eigenvalue weighted by Gasteiger charge is -2.01. The van der Waals surface area contributed by atoms with Crippen LogP contribution >= 0.6 is 0 Å². The van der Waals surface area contributed by atoms with Crippen molar-refractivity contribution in [1.82, 2.24) is 19.3 Å². The van der Waals surface area contributed by atoms with Crippen LogP contribution in [0, 0.1) is 0 Å². The van der Waals surface area contributed by atoms with E-state index in [1.807, 2.05) is 42.6 Å². The Bertz CT molecular complexity index is 940. The third-order valence-corrected chi connectivity index (χ3v) is 3.90. The second-order valence-corrected chi connectivity index (χ2v) is 5.21. The fourth-order valence-corrected chi connectivity index (χ4v) is 2.81. The quantitative estimate of drug-likeness (QED) is 0.520. The standard InChI is InChI=1S/C15H11N5O/c21-14(9-5-6-13-10(9)7-19-8-20(13)19)18-15-16-11-3-1-2-4-12(11)17-15/h1-7H,8H2,(H2,16,17,18,21). The predicted molar refractivity (Wildman–Crippen MR) is 78.5 cm³/mol. The number of nitrogens with one attached hydrogen (secondary N) is 2. The fraction of sp³-hybridized carbons (Fsp3) is 0.0667. The van der Waals surface area contributed by atoms with Gasteiger partial charge in [0.05, 0.1) is 22.3 Å². The second-order valence-electron chi connectivity index (χ2n) is 5.21. The second kappa shape index (κ2) is 3.54. The molecule has 1 amide bonds. The summed E-state index contributed by atoms with van der Waals surface area (Å²) in [5.74, 6) is 0.329. The van der Waals surface area contributed by atoms with Crippen LogP contribution in [0.3, 0.4) is 0 Å². The van der Waals surface area contributed by atoms with Crippen molar-refractivity contribution in [3.63, 3.8) is 0 Å². The molecule has 0 fully saturated rings. The zero-order chi connectivity index (χ0) is 14.0. The van der Waals surface area contributed by atoms with Gasteiger partial charge in [-0.1, -0.05) is 12.1 Å². The number of anilines is 1. The lowest BCUT2D eigenvalue weighted by molar-refractivity contribution is 0.102. The summed E-state index contributed by atoms with van der Waals surface area (Å²) in [5.41, 5.74) is 4.51. The van der Waals surface area contributed by atoms with Crippen molar-refractivity contribution >= 4 is 22.9 Å². The van der Waals surface area contributed by atoms with Crippen molar-refractivity contribution in [2.45, 2.75) is 6.67 Å². The van der Waals surface area contributed by atoms with Gasteiger partial charge >= 0.3 is 0 Å². The van der Waals surface area contributed by atoms with Gasteiger partial charge in [0.1, 0.15) is 6.67 Å². The van der Waals surface area contributed by atoms with Crippen LogP contribution in [0.4, 0.5) is 5.95 Å². The first kappa shape index (κ1) is 10.7. The Hall–Kier alpha value is -3.02. The molecule has 102 valence electrons.